The van der Waals surface area contributed by atoms with Crippen LogP contribution in [0.3, 0.4) is 0 Å². The molecule has 0 radical (unpaired) electrons. The van der Waals surface area contributed by atoms with E-state index in [4.69, 9.17) is 0 Å². The van der Waals surface area contributed by atoms with E-state index in [1.165, 1.54) is 96.3 Å². The van der Waals surface area contributed by atoms with E-state index in [1.54, 1.807) is 24.6 Å². The Bertz CT molecular complexity index is 319. The van der Waals surface area contributed by atoms with Crippen molar-refractivity contribution in [3.63, 3.8) is 0 Å². The molecule has 0 atom stereocenters. The van der Waals surface area contributed by atoms with E-state index in [0.29, 0.717) is 0 Å². The Morgan fingerprint density at radius 3 is 1.06 bits per heavy atom. The minimum absolute atomic E-state index is 0.232. The molecule has 2 nitrogen and oxygen atoms in total. The second-order valence-corrected chi connectivity index (χ2v) is 14.1. The largest absolute Gasteiger partial charge is 0.550 e. The fourth-order valence-electron chi connectivity index (χ4n) is 4.22. The van der Waals surface area contributed by atoms with Crippen molar-refractivity contribution in [1.29, 1.82) is 0 Å². The summed E-state index contributed by atoms with van der Waals surface area (Å²) in [6.07, 6.45) is 29.1. The Balaban J connectivity index is 0. The number of rotatable bonds is 22. The van der Waals surface area contributed by atoms with Crippen LogP contribution >= 0.6 is 7.26 Å². The lowest BCUT2D eigenvalue weighted by molar-refractivity contribution is -0.305. The van der Waals surface area contributed by atoms with Gasteiger partial charge in [-0.1, -0.05) is 112 Å². The van der Waals surface area contributed by atoms with Crippen LogP contribution in [0.25, 0.3) is 0 Å². The molecule has 0 spiro atoms. The Morgan fingerprint density at radius 1 is 0.484 bits per heavy atom. The molecule has 0 aromatic carbocycles. The number of carbonyl (C=O) groups excluding carboxylic acids is 1. The molecule has 31 heavy (non-hydrogen) atoms. The van der Waals surface area contributed by atoms with Crippen molar-refractivity contribution in [1.82, 2.24) is 0 Å². The highest BCUT2D eigenvalue weighted by molar-refractivity contribution is 7.75. The summed E-state index contributed by atoms with van der Waals surface area (Å²) in [6.45, 7) is 11.6. The van der Waals surface area contributed by atoms with Crippen LogP contribution in [0.1, 0.15) is 150 Å². The summed E-state index contributed by atoms with van der Waals surface area (Å²) in [5, 5.41) is 10.1. The zero-order chi connectivity index (χ0) is 23.6. The standard InChI is InChI=1S/C16H36P.C12H24O2/c1-5-9-13-17(14-10-6-2,15-11-7-3)16-12-8-4;1-2-3-4-5-6-7-8-9-10-11-12(13)14/h5-16H2,1-4H3;2-11H2,1H3,(H,13,14)/q+1;/p-1. The number of hydrogen-bond donors (Lipinski definition) is 0. The first-order valence-corrected chi connectivity index (χ1v) is 16.6. The molecule has 0 heterocycles. The van der Waals surface area contributed by atoms with E-state index < -0.39 is 13.2 Å². The highest BCUT2D eigenvalue weighted by Crippen LogP contribution is 2.61. The van der Waals surface area contributed by atoms with Gasteiger partial charge in [0.1, 0.15) is 0 Å². The number of unbranched alkanes of at least 4 members (excludes halogenated alkanes) is 12. The Kier molecular flexibility index (Phi) is 27.9. The van der Waals surface area contributed by atoms with Crippen LogP contribution in [0.15, 0.2) is 0 Å². The monoisotopic (exact) mass is 458 g/mol. The van der Waals surface area contributed by atoms with Gasteiger partial charge >= 0.3 is 0 Å². The lowest BCUT2D eigenvalue weighted by Gasteiger charge is -2.28. The maximum absolute atomic E-state index is 10.1. The lowest BCUT2D eigenvalue weighted by Crippen LogP contribution is -2.21. The summed E-state index contributed by atoms with van der Waals surface area (Å²) in [6, 6.07) is 0. The van der Waals surface area contributed by atoms with E-state index in [2.05, 4.69) is 34.6 Å². The van der Waals surface area contributed by atoms with Gasteiger partial charge in [-0.25, -0.2) is 0 Å². The first-order chi connectivity index (χ1) is 15.0. The molecule has 0 saturated carbocycles. The summed E-state index contributed by atoms with van der Waals surface area (Å²) < 4.78 is 0. The van der Waals surface area contributed by atoms with Gasteiger partial charge in [-0.05, 0) is 38.5 Å². The Labute approximate surface area is 198 Å². The molecule has 188 valence electrons. The van der Waals surface area contributed by atoms with E-state index in [1.807, 2.05) is 0 Å². The molecule has 0 fully saturated rings. The van der Waals surface area contributed by atoms with Gasteiger partial charge in [0.2, 0.25) is 0 Å². The predicted octanol–water partition coefficient (Wildman–Crippen LogP) is 8.86. The highest BCUT2D eigenvalue weighted by atomic mass is 31.2. The third-order valence-corrected chi connectivity index (χ3v) is 11.5. The van der Waals surface area contributed by atoms with Crippen LogP contribution in [0, 0.1) is 0 Å². The van der Waals surface area contributed by atoms with Crippen molar-refractivity contribution in [2.75, 3.05) is 24.6 Å². The summed E-state index contributed by atoms with van der Waals surface area (Å²) in [5.41, 5.74) is 0. The molecule has 0 saturated heterocycles. The van der Waals surface area contributed by atoms with Gasteiger partial charge in [-0.2, -0.15) is 0 Å². The highest BCUT2D eigenvalue weighted by Gasteiger charge is 2.34. The molecule has 3 heteroatoms. The normalized spacial score (nSPS) is 11.3. The molecule has 0 aliphatic carbocycles. The van der Waals surface area contributed by atoms with Crippen molar-refractivity contribution in [3.05, 3.63) is 0 Å². The summed E-state index contributed by atoms with van der Waals surface area (Å²) in [5.74, 6) is -0.909. The number of carbonyl (C=O) groups is 1. The fraction of sp³-hybridized carbons (Fsp3) is 0.964. The second kappa shape index (κ2) is 26.2. The molecule has 0 aromatic heterocycles. The molecule has 0 rings (SSSR count). The molecule has 0 aliphatic heterocycles. The zero-order valence-corrected chi connectivity index (χ0v) is 23.2. The van der Waals surface area contributed by atoms with E-state index in [9.17, 15) is 9.90 Å². The quantitative estimate of drug-likeness (QED) is 0.120. The van der Waals surface area contributed by atoms with Gasteiger partial charge < -0.3 is 9.90 Å². The number of carboxylic acid groups (broad SMARTS) is 1. The first kappa shape index (κ1) is 33.1. The van der Waals surface area contributed by atoms with Crippen molar-refractivity contribution in [3.8, 4) is 0 Å². The first-order valence-electron chi connectivity index (χ1n) is 14.1. The maximum atomic E-state index is 10.1. The third kappa shape index (κ3) is 24.4. The summed E-state index contributed by atoms with van der Waals surface area (Å²) >= 11 is 0. The number of aliphatic carboxylic acids is 1. The van der Waals surface area contributed by atoms with Crippen molar-refractivity contribution >= 4 is 13.2 Å². The van der Waals surface area contributed by atoms with Gasteiger partial charge in [0.25, 0.3) is 0 Å². The van der Waals surface area contributed by atoms with Crippen LogP contribution in [0.5, 0.6) is 0 Å². The lowest BCUT2D eigenvalue weighted by atomic mass is 10.1. The van der Waals surface area contributed by atoms with Crippen molar-refractivity contribution < 1.29 is 9.90 Å². The smallest absolute Gasteiger partial charge is 0.0594 e. The summed E-state index contributed by atoms with van der Waals surface area (Å²) in [7, 11) is -0.562. The summed E-state index contributed by atoms with van der Waals surface area (Å²) in [4.78, 5) is 10.1. The molecule has 0 amide bonds. The molecule has 0 aromatic rings. The van der Waals surface area contributed by atoms with E-state index in [0.717, 1.165) is 12.8 Å². The van der Waals surface area contributed by atoms with Gasteiger partial charge in [0, 0.05) is 13.2 Å². The van der Waals surface area contributed by atoms with Gasteiger partial charge in [0.15, 0.2) is 0 Å². The number of carboxylic acids is 1. The van der Waals surface area contributed by atoms with Gasteiger partial charge in [-0.15, -0.1) is 0 Å². The zero-order valence-electron chi connectivity index (χ0n) is 22.3. The molecule has 0 N–H and O–H groups in total. The Hall–Kier alpha value is -0.100. The third-order valence-electron chi connectivity index (χ3n) is 6.43. The van der Waals surface area contributed by atoms with Gasteiger partial charge in [0.05, 0.1) is 24.6 Å². The minimum Gasteiger partial charge on any atom is -0.550 e. The topological polar surface area (TPSA) is 40.1 Å². The van der Waals surface area contributed by atoms with Crippen LogP contribution in [0.2, 0.25) is 0 Å². The van der Waals surface area contributed by atoms with Crippen molar-refractivity contribution in [2.45, 2.75) is 150 Å². The maximum Gasteiger partial charge on any atom is 0.0594 e. The van der Waals surface area contributed by atoms with Crippen LogP contribution < -0.4 is 5.11 Å². The van der Waals surface area contributed by atoms with Crippen LogP contribution in [-0.4, -0.2) is 30.6 Å². The molecular weight excluding hydrogens is 399 g/mol. The van der Waals surface area contributed by atoms with Crippen LogP contribution in [0.4, 0.5) is 0 Å². The average molecular weight is 459 g/mol. The van der Waals surface area contributed by atoms with E-state index in [-0.39, 0.29) is 6.42 Å². The molecule has 0 bridgehead atoms. The van der Waals surface area contributed by atoms with Crippen LogP contribution in [-0.2, 0) is 4.79 Å². The van der Waals surface area contributed by atoms with Crippen molar-refractivity contribution in [2.24, 2.45) is 0 Å². The molecule has 0 unspecified atom stereocenters. The Morgan fingerprint density at radius 2 is 0.774 bits per heavy atom. The number of hydrogen-bond acceptors (Lipinski definition) is 2. The molecule has 0 aliphatic rings. The predicted molar refractivity (Wildman–Crippen MR) is 143 cm³/mol. The van der Waals surface area contributed by atoms with E-state index >= 15 is 0 Å². The van der Waals surface area contributed by atoms with Gasteiger partial charge in [-0.3, -0.25) is 0 Å². The minimum atomic E-state index is -0.909. The SMILES string of the molecule is CCCCCCCCCCCC(=O)[O-].CCCC[P+](CCCC)(CCCC)CCCC. The molecular formula is C28H59O2P. The second-order valence-electron chi connectivity index (χ2n) is 9.60. The average Bonchev–Trinajstić information content (AvgIpc) is 2.77. The fourth-order valence-corrected chi connectivity index (χ4v) is 9.51.